The number of fused-ring (bicyclic) bond motifs is 1. The maximum Gasteiger partial charge on any atom is 0.295 e. The Morgan fingerprint density at radius 2 is 1.89 bits per heavy atom. The fourth-order valence-corrected chi connectivity index (χ4v) is 4.86. The molecule has 1 saturated heterocycles. The van der Waals surface area contributed by atoms with Crippen LogP contribution in [0.2, 0.25) is 0 Å². The molecular weight excluding hydrogens is 474 g/mol. The van der Waals surface area contributed by atoms with Gasteiger partial charge in [0.2, 0.25) is 0 Å². The Hall–Kier alpha value is -3.52. The fourth-order valence-electron chi connectivity index (χ4n) is 4.86. The minimum atomic E-state index is -0.778. The zero-order valence-corrected chi connectivity index (χ0v) is 21.9. The van der Waals surface area contributed by atoms with E-state index in [1.807, 2.05) is 32.9 Å². The van der Waals surface area contributed by atoms with Crippen molar-refractivity contribution in [3.8, 4) is 17.2 Å². The van der Waals surface area contributed by atoms with Crippen molar-refractivity contribution >= 4 is 17.4 Å². The second-order valence-electron chi connectivity index (χ2n) is 9.28. The van der Waals surface area contributed by atoms with E-state index in [1.54, 1.807) is 31.4 Å². The third-order valence-electron chi connectivity index (χ3n) is 6.50. The van der Waals surface area contributed by atoms with Gasteiger partial charge in [-0.15, -0.1) is 0 Å². The van der Waals surface area contributed by atoms with Crippen molar-refractivity contribution in [1.82, 2.24) is 4.90 Å². The lowest BCUT2D eigenvalue weighted by atomic mass is 9.94. The van der Waals surface area contributed by atoms with Gasteiger partial charge in [-0.3, -0.25) is 9.59 Å². The number of carbonyl (C=O) groups is 2. The van der Waals surface area contributed by atoms with Crippen LogP contribution < -0.4 is 14.2 Å². The van der Waals surface area contributed by atoms with Crippen LogP contribution in [0.3, 0.4) is 0 Å². The Balaban J connectivity index is 1.81. The number of benzene rings is 2. The topological polar surface area (TPSA) is 94.5 Å². The van der Waals surface area contributed by atoms with E-state index < -0.39 is 17.7 Å². The molecule has 1 amide bonds. The second-order valence-corrected chi connectivity index (χ2v) is 9.28. The summed E-state index contributed by atoms with van der Waals surface area (Å²) in [7, 11) is 1.59. The van der Waals surface area contributed by atoms with Gasteiger partial charge in [0.1, 0.15) is 17.6 Å². The van der Waals surface area contributed by atoms with Gasteiger partial charge in [-0.25, -0.2) is 0 Å². The lowest BCUT2D eigenvalue weighted by Crippen LogP contribution is -2.31. The molecule has 2 aliphatic heterocycles. The number of rotatable bonds is 11. The number of nitrogens with zero attached hydrogens (tertiary/aromatic N) is 1. The van der Waals surface area contributed by atoms with Crippen molar-refractivity contribution in [2.45, 2.75) is 52.2 Å². The molecule has 0 unspecified atom stereocenters. The standard InChI is InChI=1S/C29H35NO7/c1-5-13-36-23-11-8-19(17-24(23)35-6-2)26-25(28(32)29(33)30(26)12-7-14-34-4)27(31)20-9-10-22-21(16-20)15-18(3)37-22/h8-11,16-18,26,31H,5-7,12-15H2,1-4H3/b27-25+/t18-,26+/m0/s1. The predicted octanol–water partition coefficient (Wildman–Crippen LogP) is 4.66. The van der Waals surface area contributed by atoms with E-state index in [4.69, 9.17) is 18.9 Å². The highest BCUT2D eigenvalue weighted by Gasteiger charge is 2.46. The Kier molecular flexibility index (Phi) is 8.38. The van der Waals surface area contributed by atoms with E-state index >= 15 is 0 Å². The van der Waals surface area contributed by atoms with Gasteiger partial charge < -0.3 is 29.0 Å². The summed E-state index contributed by atoms with van der Waals surface area (Å²) >= 11 is 0. The smallest absolute Gasteiger partial charge is 0.295 e. The SMILES string of the molecule is CCCOc1ccc([C@@H]2/C(=C(\O)c3ccc4c(c3)C[C@H](C)O4)C(=O)C(=O)N2CCCOC)cc1OCC. The fraction of sp³-hybridized carbons (Fsp3) is 0.448. The van der Waals surface area contributed by atoms with Crippen LogP contribution in [0.25, 0.3) is 5.76 Å². The minimum Gasteiger partial charge on any atom is -0.507 e. The Bertz CT molecular complexity index is 1190. The number of amides is 1. The van der Waals surface area contributed by atoms with E-state index in [-0.39, 0.29) is 17.4 Å². The number of carbonyl (C=O) groups excluding carboxylic acids is 2. The van der Waals surface area contributed by atoms with Crippen molar-refractivity contribution in [1.29, 1.82) is 0 Å². The summed E-state index contributed by atoms with van der Waals surface area (Å²) in [6.07, 6.45) is 2.15. The van der Waals surface area contributed by atoms with Crippen LogP contribution in [0, 0.1) is 0 Å². The first-order valence-electron chi connectivity index (χ1n) is 12.9. The number of Topliss-reactive ketones (excluding diaryl/α,β-unsaturated/α-hetero) is 1. The molecule has 0 radical (unpaired) electrons. The molecule has 1 fully saturated rings. The summed E-state index contributed by atoms with van der Waals surface area (Å²) in [6, 6.07) is 9.97. The summed E-state index contributed by atoms with van der Waals surface area (Å²) < 4.78 is 22.6. The number of ketones is 1. The molecule has 0 aromatic heterocycles. The molecule has 37 heavy (non-hydrogen) atoms. The Morgan fingerprint density at radius 3 is 2.62 bits per heavy atom. The zero-order valence-electron chi connectivity index (χ0n) is 21.9. The van der Waals surface area contributed by atoms with Crippen molar-refractivity contribution in [2.24, 2.45) is 0 Å². The lowest BCUT2D eigenvalue weighted by Gasteiger charge is -2.26. The molecule has 0 spiro atoms. The Morgan fingerprint density at radius 1 is 1.08 bits per heavy atom. The number of aliphatic hydroxyl groups is 1. The largest absolute Gasteiger partial charge is 0.507 e. The van der Waals surface area contributed by atoms with Crippen LogP contribution in [0.4, 0.5) is 0 Å². The summed E-state index contributed by atoms with van der Waals surface area (Å²) in [5.41, 5.74) is 2.14. The first-order valence-corrected chi connectivity index (χ1v) is 12.9. The van der Waals surface area contributed by atoms with E-state index in [0.717, 1.165) is 17.7 Å². The first kappa shape index (κ1) is 26.5. The number of ether oxygens (including phenoxy) is 4. The van der Waals surface area contributed by atoms with Crippen LogP contribution in [0.5, 0.6) is 17.2 Å². The molecule has 4 rings (SSSR count). The molecule has 198 valence electrons. The Labute approximate surface area is 217 Å². The van der Waals surface area contributed by atoms with Crippen LogP contribution in [0.1, 0.15) is 56.3 Å². The van der Waals surface area contributed by atoms with Gasteiger partial charge >= 0.3 is 0 Å². The molecule has 8 nitrogen and oxygen atoms in total. The van der Waals surface area contributed by atoms with Crippen LogP contribution in [-0.4, -0.2) is 61.3 Å². The van der Waals surface area contributed by atoms with Gasteiger partial charge in [-0.05, 0) is 68.1 Å². The van der Waals surface area contributed by atoms with E-state index in [1.165, 1.54) is 4.90 Å². The van der Waals surface area contributed by atoms with Crippen LogP contribution >= 0.6 is 0 Å². The van der Waals surface area contributed by atoms with Crippen molar-refractivity contribution in [2.75, 3.05) is 33.5 Å². The van der Waals surface area contributed by atoms with Crippen molar-refractivity contribution in [3.63, 3.8) is 0 Å². The summed E-state index contributed by atoms with van der Waals surface area (Å²) in [5, 5.41) is 11.4. The molecule has 8 heteroatoms. The van der Waals surface area contributed by atoms with Crippen LogP contribution in [0.15, 0.2) is 42.0 Å². The summed E-state index contributed by atoms with van der Waals surface area (Å²) in [4.78, 5) is 28.0. The maximum atomic E-state index is 13.3. The predicted molar refractivity (Wildman–Crippen MR) is 139 cm³/mol. The van der Waals surface area contributed by atoms with Crippen molar-refractivity contribution < 1.29 is 33.6 Å². The molecule has 2 heterocycles. The molecular formula is C29H35NO7. The molecule has 0 aliphatic carbocycles. The van der Waals surface area contributed by atoms with Gasteiger partial charge in [-0.1, -0.05) is 13.0 Å². The molecule has 2 aliphatic rings. The number of likely N-dealkylation sites (tertiary alicyclic amines) is 1. The molecule has 2 aromatic rings. The van der Waals surface area contributed by atoms with E-state index in [0.29, 0.717) is 61.8 Å². The van der Waals surface area contributed by atoms with Crippen molar-refractivity contribution in [3.05, 3.63) is 58.7 Å². The van der Waals surface area contributed by atoms with Crippen LogP contribution in [-0.2, 0) is 20.7 Å². The number of hydrogen-bond donors (Lipinski definition) is 1. The number of hydrogen-bond acceptors (Lipinski definition) is 7. The van der Waals surface area contributed by atoms with E-state index in [9.17, 15) is 14.7 Å². The monoisotopic (exact) mass is 509 g/mol. The minimum absolute atomic E-state index is 0.0455. The molecule has 2 atom stereocenters. The van der Waals surface area contributed by atoms with Gasteiger partial charge in [0.25, 0.3) is 11.7 Å². The average molecular weight is 510 g/mol. The molecule has 0 bridgehead atoms. The summed E-state index contributed by atoms with van der Waals surface area (Å²) in [5.74, 6) is 0.323. The normalized spacial score (nSPS) is 20.2. The van der Waals surface area contributed by atoms with Gasteiger partial charge in [-0.2, -0.15) is 0 Å². The molecule has 1 N–H and O–H groups in total. The van der Waals surface area contributed by atoms with E-state index in [2.05, 4.69) is 0 Å². The highest BCUT2D eigenvalue weighted by molar-refractivity contribution is 6.46. The lowest BCUT2D eigenvalue weighted by molar-refractivity contribution is -0.140. The molecule has 0 saturated carbocycles. The average Bonchev–Trinajstić information content (AvgIpc) is 3.38. The number of methoxy groups -OCH3 is 1. The highest BCUT2D eigenvalue weighted by Crippen LogP contribution is 2.43. The van der Waals surface area contributed by atoms with Gasteiger partial charge in [0.15, 0.2) is 11.5 Å². The maximum absolute atomic E-state index is 13.3. The summed E-state index contributed by atoms with van der Waals surface area (Å²) in [6.45, 7) is 7.58. The quantitative estimate of drug-likeness (QED) is 0.204. The zero-order chi connectivity index (χ0) is 26.5. The highest BCUT2D eigenvalue weighted by atomic mass is 16.5. The third kappa shape index (κ3) is 5.44. The number of aliphatic hydroxyl groups excluding tert-OH is 1. The van der Waals surface area contributed by atoms with Gasteiger partial charge in [0, 0.05) is 32.2 Å². The molecule has 2 aromatic carbocycles. The third-order valence-corrected chi connectivity index (χ3v) is 6.50. The first-order chi connectivity index (χ1) is 17.9. The van der Waals surface area contributed by atoms with Gasteiger partial charge in [0.05, 0.1) is 24.8 Å². The second kappa shape index (κ2) is 11.7.